The Morgan fingerprint density at radius 1 is 1.39 bits per heavy atom. The third-order valence-corrected chi connectivity index (χ3v) is 2.64. The lowest BCUT2D eigenvalue weighted by atomic mass is 10.2. The van der Waals surface area contributed by atoms with Crippen LogP contribution in [-0.2, 0) is 6.54 Å². The van der Waals surface area contributed by atoms with E-state index in [-0.39, 0.29) is 6.03 Å². The molecule has 1 aromatic carbocycles. The second kappa shape index (κ2) is 7.37. The van der Waals surface area contributed by atoms with Gasteiger partial charge in [0, 0.05) is 18.3 Å². The fourth-order valence-corrected chi connectivity index (χ4v) is 1.37. The first-order chi connectivity index (χ1) is 8.67. The maximum Gasteiger partial charge on any atom is 0.319 e. The highest BCUT2D eigenvalue weighted by atomic mass is 16.5. The molecule has 0 unspecified atom stereocenters. The normalized spacial score (nSPS) is 10.9. The molecule has 1 aromatic rings. The van der Waals surface area contributed by atoms with Crippen LogP contribution in [0.5, 0.6) is 5.75 Å². The van der Waals surface area contributed by atoms with Gasteiger partial charge in [-0.3, -0.25) is 0 Å². The zero-order chi connectivity index (χ0) is 13.4. The molecule has 0 radical (unpaired) electrons. The molecule has 0 saturated carbocycles. The van der Waals surface area contributed by atoms with Crippen molar-refractivity contribution in [3.05, 3.63) is 41.6 Å². The van der Waals surface area contributed by atoms with Crippen LogP contribution in [0.25, 0.3) is 0 Å². The van der Waals surface area contributed by atoms with Crippen LogP contribution in [0.3, 0.4) is 0 Å². The summed E-state index contributed by atoms with van der Waals surface area (Å²) in [5.74, 6) is 0.776. The molecule has 0 aliphatic heterocycles. The summed E-state index contributed by atoms with van der Waals surface area (Å²) in [6.07, 6.45) is 2.64. The number of benzene rings is 1. The largest absolute Gasteiger partial charge is 0.496 e. The van der Waals surface area contributed by atoms with Crippen LogP contribution in [0, 0.1) is 0 Å². The van der Waals surface area contributed by atoms with Crippen LogP contribution in [0.2, 0.25) is 0 Å². The number of ether oxygens (including phenoxy) is 1. The molecule has 0 saturated heterocycles. The predicted molar refractivity (Wildman–Crippen MR) is 72.4 cm³/mol. The Labute approximate surface area is 108 Å². The van der Waals surface area contributed by atoms with E-state index >= 15 is 0 Å². The van der Waals surface area contributed by atoms with E-state index in [0.717, 1.165) is 23.3 Å². The summed E-state index contributed by atoms with van der Waals surface area (Å²) in [5.41, 5.74) is 2.08. The third-order valence-electron chi connectivity index (χ3n) is 2.64. The third kappa shape index (κ3) is 4.49. The van der Waals surface area contributed by atoms with E-state index in [9.17, 15) is 4.79 Å². The second-order valence-electron chi connectivity index (χ2n) is 3.98. The Kier molecular flexibility index (Phi) is 5.77. The van der Waals surface area contributed by atoms with Crippen LogP contribution >= 0.6 is 0 Å². The number of para-hydroxylation sites is 1. The molecular weight excluding hydrogens is 228 g/mol. The molecule has 4 nitrogen and oxygen atoms in total. The number of urea groups is 1. The van der Waals surface area contributed by atoms with Crippen molar-refractivity contribution in [3.8, 4) is 5.75 Å². The minimum atomic E-state index is -0.214. The molecule has 0 atom stereocenters. The molecule has 0 fully saturated rings. The van der Waals surface area contributed by atoms with Crippen LogP contribution in [-0.4, -0.2) is 13.1 Å². The average Bonchev–Trinajstić information content (AvgIpc) is 2.42. The van der Waals surface area contributed by atoms with Crippen molar-refractivity contribution in [2.24, 2.45) is 0 Å². The number of hydrogen-bond donors (Lipinski definition) is 2. The molecular formula is C14H20N2O2. The molecule has 98 valence electrons. The molecule has 1 rings (SSSR count). The van der Waals surface area contributed by atoms with Gasteiger partial charge in [-0.1, -0.05) is 30.7 Å². The molecule has 0 heterocycles. The number of rotatable bonds is 5. The molecule has 0 aromatic heterocycles. The monoisotopic (exact) mass is 248 g/mol. The number of methoxy groups -OCH3 is 1. The maximum absolute atomic E-state index is 11.5. The van der Waals surface area contributed by atoms with Gasteiger partial charge in [-0.15, -0.1) is 0 Å². The number of allylic oxidation sites excluding steroid dienone is 1. The van der Waals surface area contributed by atoms with Gasteiger partial charge in [0.05, 0.1) is 7.11 Å². The summed E-state index contributed by atoms with van der Waals surface area (Å²) in [5, 5.41) is 5.47. The summed E-state index contributed by atoms with van der Waals surface area (Å²) in [7, 11) is 1.62. The van der Waals surface area contributed by atoms with E-state index in [1.165, 1.54) is 0 Å². The zero-order valence-electron chi connectivity index (χ0n) is 11.1. The standard InChI is InChI=1S/C14H20N2O2/c1-4-11(2)9-15-14(17)16-10-12-7-5-6-8-13(12)18-3/h5-9H,4,10H2,1-3H3,(H2,15,16,17)/b11-9+. The van der Waals surface area contributed by atoms with Gasteiger partial charge in [-0.25, -0.2) is 4.79 Å². The van der Waals surface area contributed by atoms with Gasteiger partial charge in [0.2, 0.25) is 0 Å². The van der Waals surface area contributed by atoms with E-state index in [1.807, 2.05) is 38.1 Å². The fraction of sp³-hybridized carbons (Fsp3) is 0.357. The van der Waals surface area contributed by atoms with Gasteiger partial charge >= 0.3 is 6.03 Å². The van der Waals surface area contributed by atoms with Crippen LogP contribution in [0.4, 0.5) is 4.79 Å². The highest BCUT2D eigenvalue weighted by Crippen LogP contribution is 2.16. The topological polar surface area (TPSA) is 50.4 Å². The SMILES string of the molecule is CC/C(C)=C/NC(=O)NCc1ccccc1OC. The van der Waals surface area contributed by atoms with Crippen LogP contribution in [0.15, 0.2) is 36.0 Å². The molecule has 2 amide bonds. The lowest BCUT2D eigenvalue weighted by Crippen LogP contribution is -2.31. The van der Waals surface area contributed by atoms with Gasteiger partial charge in [0.1, 0.15) is 5.75 Å². The molecule has 0 spiro atoms. The van der Waals surface area contributed by atoms with E-state index in [0.29, 0.717) is 6.54 Å². The minimum absolute atomic E-state index is 0.214. The Hall–Kier alpha value is -1.97. The molecule has 0 aliphatic rings. The summed E-state index contributed by atoms with van der Waals surface area (Å²) in [6, 6.07) is 7.39. The van der Waals surface area contributed by atoms with Gasteiger partial charge in [0.25, 0.3) is 0 Å². The second-order valence-corrected chi connectivity index (χ2v) is 3.98. The number of carbonyl (C=O) groups excluding carboxylic acids is 1. The van der Waals surface area contributed by atoms with E-state index in [4.69, 9.17) is 4.74 Å². The highest BCUT2D eigenvalue weighted by molar-refractivity contribution is 5.75. The molecule has 0 bridgehead atoms. The van der Waals surface area contributed by atoms with Gasteiger partial charge in [-0.2, -0.15) is 0 Å². The molecule has 4 heteroatoms. The van der Waals surface area contributed by atoms with Crippen molar-refractivity contribution in [1.82, 2.24) is 10.6 Å². The molecule has 18 heavy (non-hydrogen) atoms. The first-order valence-electron chi connectivity index (χ1n) is 5.99. The quantitative estimate of drug-likeness (QED) is 0.841. The fourth-order valence-electron chi connectivity index (χ4n) is 1.37. The Bertz CT molecular complexity index is 428. The Morgan fingerprint density at radius 2 is 2.11 bits per heavy atom. The van der Waals surface area contributed by atoms with Gasteiger partial charge in [0.15, 0.2) is 0 Å². The summed E-state index contributed by atoms with van der Waals surface area (Å²) < 4.78 is 5.21. The summed E-state index contributed by atoms with van der Waals surface area (Å²) >= 11 is 0. The number of amides is 2. The lowest BCUT2D eigenvalue weighted by Gasteiger charge is -2.09. The summed E-state index contributed by atoms with van der Waals surface area (Å²) in [6.45, 7) is 4.45. The number of carbonyl (C=O) groups is 1. The smallest absolute Gasteiger partial charge is 0.319 e. The number of hydrogen-bond acceptors (Lipinski definition) is 2. The van der Waals surface area contributed by atoms with E-state index in [1.54, 1.807) is 13.3 Å². The molecule has 2 N–H and O–H groups in total. The van der Waals surface area contributed by atoms with Crippen molar-refractivity contribution >= 4 is 6.03 Å². The Balaban J connectivity index is 2.47. The van der Waals surface area contributed by atoms with E-state index < -0.39 is 0 Å². The van der Waals surface area contributed by atoms with Gasteiger partial charge < -0.3 is 15.4 Å². The van der Waals surface area contributed by atoms with Crippen molar-refractivity contribution < 1.29 is 9.53 Å². The van der Waals surface area contributed by atoms with E-state index in [2.05, 4.69) is 10.6 Å². The maximum atomic E-state index is 11.5. The minimum Gasteiger partial charge on any atom is -0.496 e. The lowest BCUT2D eigenvalue weighted by molar-refractivity contribution is 0.243. The van der Waals surface area contributed by atoms with Crippen molar-refractivity contribution in [2.45, 2.75) is 26.8 Å². The average molecular weight is 248 g/mol. The van der Waals surface area contributed by atoms with Gasteiger partial charge in [-0.05, 0) is 19.4 Å². The summed E-state index contributed by atoms with van der Waals surface area (Å²) in [4.78, 5) is 11.5. The zero-order valence-corrected chi connectivity index (χ0v) is 11.1. The Morgan fingerprint density at radius 3 is 2.78 bits per heavy atom. The van der Waals surface area contributed by atoms with Crippen molar-refractivity contribution in [3.63, 3.8) is 0 Å². The highest BCUT2D eigenvalue weighted by Gasteiger charge is 2.03. The predicted octanol–water partition coefficient (Wildman–Crippen LogP) is 2.81. The van der Waals surface area contributed by atoms with Crippen molar-refractivity contribution in [1.29, 1.82) is 0 Å². The first kappa shape index (κ1) is 14.1. The number of nitrogens with one attached hydrogen (secondary N) is 2. The first-order valence-corrected chi connectivity index (χ1v) is 5.99. The molecule has 0 aliphatic carbocycles. The van der Waals surface area contributed by atoms with Crippen LogP contribution in [0.1, 0.15) is 25.8 Å². The van der Waals surface area contributed by atoms with Crippen molar-refractivity contribution in [2.75, 3.05) is 7.11 Å². The van der Waals surface area contributed by atoms with Crippen LogP contribution < -0.4 is 15.4 Å².